The maximum Gasteiger partial charge on any atom is 0.243 e. The Hall–Kier alpha value is -0.820. The fraction of sp³-hybridized carbons (Fsp3) is 0.500. The fourth-order valence-corrected chi connectivity index (χ4v) is 0.975. The summed E-state index contributed by atoms with van der Waals surface area (Å²) in [5.74, 6) is 0. The van der Waals surface area contributed by atoms with Crippen LogP contribution in [0.15, 0.2) is 18.7 Å². The van der Waals surface area contributed by atoms with Crippen molar-refractivity contribution in [1.82, 2.24) is 4.57 Å². The molecule has 0 aliphatic heterocycles. The molecule has 1 aromatic rings. The summed E-state index contributed by atoms with van der Waals surface area (Å²) in [5, 5.41) is 8.29. The molecule has 3 nitrogen and oxygen atoms in total. The van der Waals surface area contributed by atoms with Gasteiger partial charge >= 0.3 is 0 Å². The molecule has 0 saturated heterocycles. The van der Waals surface area contributed by atoms with Crippen molar-refractivity contribution in [2.45, 2.75) is 19.4 Å². The van der Waals surface area contributed by atoms with Crippen LogP contribution >= 0.6 is 0 Å². The maximum absolute atomic E-state index is 8.29. The molecule has 1 aromatic heterocycles. The highest BCUT2D eigenvalue weighted by molar-refractivity contribution is 4.67. The molecule has 0 atom stereocenters. The van der Waals surface area contributed by atoms with Crippen LogP contribution in [-0.4, -0.2) is 4.57 Å². The average molecular weight is 230 g/mol. The van der Waals surface area contributed by atoms with Gasteiger partial charge in [-0.2, -0.15) is 5.26 Å². The highest BCUT2D eigenvalue weighted by Gasteiger charge is 1.97. The van der Waals surface area contributed by atoms with Crippen LogP contribution in [0.4, 0.5) is 0 Å². The Kier molecular flexibility index (Phi) is 5.39. The molecule has 12 heavy (non-hydrogen) atoms. The Morgan fingerprint density at radius 1 is 1.58 bits per heavy atom. The van der Waals surface area contributed by atoms with E-state index in [9.17, 15) is 0 Å². The maximum atomic E-state index is 8.29. The van der Waals surface area contributed by atoms with Gasteiger partial charge in [0.2, 0.25) is 6.33 Å². The summed E-state index contributed by atoms with van der Waals surface area (Å²) in [7, 11) is 1.99. The van der Waals surface area contributed by atoms with Crippen molar-refractivity contribution < 1.29 is 21.5 Å². The van der Waals surface area contributed by atoms with Gasteiger partial charge in [-0.25, -0.2) is 9.13 Å². The molecule has 0 saturated carbocycles. The van der Waals surface area contributed by atoms with E-state index in [1.807, 2.05) is 30.3 Å². The number of nitriles is 1. The van der Waals surface area contributed by atoms with E-state index in [0.29, 0.717) is 6.42 Å². The molecule has 4 heteroatoms. The molecule has 0 fully saturated rings. The smallest absolute Gasteiger partial charge is 0.243 e. The van der Waals surface area contributed by atoms with Crippen LogP contribution in [0.5, 0.6) is 0 Å². The van der Waals surface area contributed by atoms with Crippen LogP contribution in [-0.2, 0) is 13.6 Å². The summed E-state index contributed by atoms with van der Waals surface area (Å²) < 4.78 is 4.07. The third kappa shape index (κ3) is 3.54. The molecule has 0 spiro atoms. The highest BCUT2D eigenvalue weighted by Crippen LogP contribution is 1.86. The Morgan fingerprint density at radius 2 is 2.33 bits per heavy atom. The second-order valence-corrected chi connectivity index (χ2v) is 2.58. The van der Waals surface area contributed by atoms with E-state index in [0.717, 1.165) is 13.0 Å². The average Bonchev–Trinajstić information content (AvgIpc) is 2.37. The summed E-state index contributed by atoms with van der Waals surface area (Å²) in [6, 6.07) is 2.12. The number of nitrogens with zero attached hydrogens (tertiary/aromatic N) is 3. The van der Waals surface area contributed by atoms with Gasteiger partial charge < -0.3 is 17.0 Å². The molecule has 0 amide bonds. The Balaban J connectivity index is 0.00000121. The first-order chi connectivity index (χ1) is 5.33. The lowest BCUT2D eigenvalue weighted by Crippen LogP contribution is -3.00. The Bertz CT molecular complexity index is 262. The number of rotatable bonds is 3. The first-order valence-corrected chi connectivity index (χ1v) is 3.71. The van der Waals surface area contributed by atoms with Crippen molar-refractivity contribution in [2.24, 2.45) is 7.05 Å². The van der Waals surface area contributed by atoms with Gasteiger partial charge in [0.25, 0.3) is 0 Å². The molecule has 0 N–H and O–H groups in total. The number of unbranched alkanes of at least 4 members (excludes halogenated alkanes) is 1. The minimum atomic E-state index is 0. The largest absolute Gasteiger partial charge is 1.00 e. The number of halogens is 1. The van der Waals surface area contributed by atoms with Crippen LogP contribution in [0.1, 0.15) is 12.8 Å². The van der Waals surface area contributed by atoms with Crippen molar-refractivity contribution in [3.05, 3.63) is 18.7 Å². The summed E-state index contributed by atoms with van der Waals surface area (Å²) in [6.07, 6.45) is 7.59. The van der Waals surface area contributed by atoms with Crippen LogP contribution in [0.2, 0.25) is 0 Å². The van der Waals surface area contributed by atoms with E-state index < -0.39 is 0 Å². The second kappa shape index (κ2) is 5.78. The quantitative estimate of drug-likeness (QED) is 0.421. The topological polar surface area (TPSA) is 32.6 Å². The Labute approximate surface area is 83.0 Å². The molecule has 0 radical (unpaired) electrons. The standard InChI is InChI=1S/C8H12N3.BrH/c1-10-6-7-11(8-10)5-3-2-4-9;/h6-8H,2-3,5H2,1H3;1H/q+1;/p-1. The number of hydrogen-bond acceptors (Lipinski definition) is 1. The minimum absolute atomic E-state index is 0. The normalized spacial score (nSPS) is 8.67. The molecule has 0 unspecified atom stereocenters. The van der Waals surface area contributed by atoms with Crippen molar-refractivity contribution in [1.29, 1.82) is 5.26 Å². The number of imidazole rings is 1. The number of aryl methyl sites for hydroxylation is 2. The predicted molar refractivity (Wildman–Crippen MR) is 40.5 cm³/mol. The summed E-state index contributed by atoms with van der Waals surface area (Å²) in [6.45, 7) is 0.939. The lowest BCUT2D eigenvalue weighted by Gasteiger charge is -1.89. The molecule has 0 aromatic carbocycles. The van der Waals surface area contributed by atoms with E-state index in [2.05, 4.69) is 10.6 Å². The molecule has 0 bridgehead atoms. The van der Waals surface area contributed by atoms with Gasteiger partial charge in [0, 0.05) is 6.42 Å². The molecular weight excluding hydrogens is 218 g/mol. The number of hydrogen-bond donors (Lipinski definition) is 0. The van der Waals surface area contributed by atoms with Crippen molar-refractivity contribution >= 4 is 0 Å². The van der Waals surface area contributed by atoms with Crippen molar-refractivity contribution in [2.75, 3.05) is 0 Å². The zero-order chi connectivity index (χ0) is 8.10. The zero-order valence-corrected chi connectivity index (χ0v) is 8.66. The highest BCUT2D eigenvalue weighted by atomic mass is 79.9. The van der Waals surface area contributed by atoms with Crippen LogP contribution in [0, 0.1) is 11.3 Å². The van der Waals surface area contributed by atoms with E-state index >= 15 is 0 Å². The predicted octanol–water partition coefficient (Wildman–Crippen LogP) is -2.38. The van der Waals surface area contributed by atoms with E-state index in [4.69, 9.17) is 5.26 Å². The zero-order valence-electron chi connectivity index (χ0n) is 7.07. The van der Waals surface area contributed by atoms with Crippen LogP contribution < -0.4 is 21.5 Å². The molecule has 1 rings (SSSR count). The third-order valence-electron chi connectivity index (χ3n) is 1.53. The summed E-state index contributed by atoms with van der Waals surface area (Å²) >= 11 is 0. The Morgan fingerprint density at radius 3 is 2.83 bits per heavy atom. The van der Waals surface area contributed by atoms with Gasteiger partial charge in [0.15, 0.2) is 0 Å². The van der Waals surface area contributed by atoms with E-state index in [1.165, 1.54) is 0 Å². The fourth-order valence-electron chi connectivity index (χ4n) is 0.975. The van der Waals surface area contributed by atoms with Gasteiger partial charge in [0.1, 0.15) is 12.4 Å². The lowest BCUT2D eigenvalue weighted by molar-refractivity contribution is -0.696. The van der Waals surface area contributed by atoms with Gasteiger partial charge in [-0.15, -0.1) is 0 Å². The first kappa shape index (κ1) is 11.2. The molecule has 66 valence electrons. The van der Waals surface area contributed by atoms with Crippen LogP contribution in [0.3, 0.4) is 0 Å². The van der Waals surface area contributed by atoms with Crippen molar-refractivity contribution in [3.8, 4) is 6.07 Å². The molecule has 0 aliphatic carbocycles. The minimum Gasteiger partial charge on any atom is -1.00 e. The van der Waals surface area contributed by atoms with Gasteiger partial charge in [0.05, 0.1) is 19.7 Å². The third-order valence-corrected chi connectivity index (χ3v) is 1.53. The molecular formula is C8H12BrN3. The lowest BCUT2D eigenvalue weighted by atomic mass is 10.3. The second-order valence-electron chi connectivity index (χ2n) is 2.58. The van der Waals surface area contributed by atoms with Gasteiger partial charge in [-0.1, -0.05) is 0 Å². The monoisotopic (exact) mass is 229 g/mol. The SMILES string of the molecule is Cn1cc[n+](CCCC#N)c1.[Br-]. The summed E-state index contributed by atoms with van der Waals surface area (Å²) in [5.41, 5.74) is 0. The van der Waals surface area contributed by atoms with Gasteiger partial charge in [-0.05, 0) is 6.42 Å². The van der Waals surface area contributed by atoms with E-state index in [1.54, 1.807) is 0 Å². The van der Waals surface area contributed by atoms with Crippen LogP contribution in [0.25, 0.3) is 0 Å². The molecule has 0 aliphatic rings. The summed E-state index contributed by atoms with van der Waals surface area (Å²) in [4.78, 5) is 0. The molecule has 1 heterocycles. The first-order valence-electron chi connectivity index (χ1n) is 3.71. The van der Waals surface area contributed by atoms with Crippen molar-refractivity contribution in [3.63, 3.8) is 0 Å². The number of aromatic nitrogens is 2. The van der Waals surface area contributed by atoms with E-state index in [-0.39, 0.29) is 17.0 Å². The van der Waals surface area contributed by atoms with Gasteiger partial charge in [-0.3, -0.25) is 0 Å².